The van der Waals surface area contributed by atoms with Gasteiger partial charge in [0.2, 0.25) is 0 Å². The van der Waals surface area contributed by atoms with E-state index in [1.807, 2.05) is 12.4 Å². The minimum atomic E-state index is 0.575. The average molecular weight is 267 g/mol. The Kier molecular flexibility index (Phi) is 4.07. The van der Waals surface area contributed by atoms with Crippen LogP contribution in [-0.2, 0) is 6.54 Å². The van der Waals surface area contributed by atoms with E-state index in [0.717, 1.165) is 18.8 Å². The van der Waals surface area contributed by atoms with Crippen molar-refractivity contribution >= 4 is 0 Å². The molecule has 2 aromatic heterocycles. The molecule has 0 N–H and O–H groups in total. The lowest BCUT2D eigenvalue weighted by Gasteiger charge is -2.32. The number of hydrogen-bond acceptors (Lipinski definition) is 3. The topological polar surface area (TPSA) is 29.0 Å². The maximum Gasteiger partial charge on any atom is 0.0450 e. The predicted octanol–water partition coefficient (Wildman–Crippen LogP) is 3.16. The molecule has 1 atom stereocenters. The molecule has 2 aromatic rings. The minimum absolute atomic E-state index is 0.575. The van der Waals surface area contributed by atoms with Crippen molar-refractivity contribution in [2.75, 3.05) is 13.1 Å². The molecule has 0 unspecified atom stereocenters. The van der Waals surface area contributed by atoms with E-state index in [2.05, 4.69) is 47.1 Å². The van der Waals surface area contributed by atoms with Gasteiger partial charge in [0.25, 0.3) is 0 Å². The van der Waals surface area contributed by atoms with Crippen LogP contribution in [0.3, 0.4) is 0 Å². The number of pyridine rings is 2. The molecule has 0 bridgehead atoms. The predicted molar refractivity (Wildman–Crippen MR) is 80.5 cm³/mol. The largest absolute Gasteiger partial charge is 0.298 e. The van der Waals surface area contributed by atoms with Crippen molar-refractivity contribution in [2.24, 2.45) is 0 Å². The summed E-state index contributed by atoms with van der Waals surface area (Å²) in [5.74, 6) is 0.575. The van der Waals surface area contributed by atoms with Gasteiger partial charge in [0.1, 0.15) is 0 Å². The summed E-state index contributed by atoms with van der Waals surface area (Å²) in [7, 11) is 0. The molecule has 0 radical (unpaired) electrons. The first-order valence-electron chi connectivity index (χ1n) is 7.36. The Morgan fingerprint density at radius 1 is 1.20 bits per heavy atom. The molecule has 0 amide bonds. The molecule has 104 valence electrons. The molecule has 0 saturated carbocycles. The monoisotopic (exact) mass is 267 g/mol. The summed E-state index contributed by atoms with van der Waals surface area (Å²) in [6, 6.07) is 10.6. The van der Waals surface area contributed by atoms with E-state index in [-0.39, 0.29) is 0 Å². The molecule has 1 aliphatic heterocycles. The van der Waals surface area contributed by atoms with Crippen molar-refractivity contribution in [2.45, 2.75) is 32.2 Å². The second-order valence-electron chi connectivity index (χ2n) is 5.63. The lowest BCUT2D eigenvalue weighted by atomic mass is 9.94. The average Bonchev–Trinajstić information content (AvgIpc) is 2.49. The van der Waals surface area contributed by atoms with Crippen LogP contribution >= 0.6 is 0 Å². The molecule has 3 rings (SSSR count). The smallest absolute Gasteiger partial charge is 0.0450 e. The molecule has 0 spiro atoms. The quantitative estimate of drug-likeness (QED) is 0.855. The van der Waals surface area contributed by atoms with Crippen molar-refractivity contribution in [1.29, 1.82) is 0 Å². The van der Waals surface area contributed by atoms with Crippen molar-refractivity contribution in [3.8, 4) is 0 Å². The third-order valence-corrected chi connectivity index (χ3v) is 3.99. The fraction of sp³-hybridized carbons (Fsp3) is 0.412. The zero-order valence-electron chi connectivity index (χ0n) is 12.0. The highest BCUT2D eigenvalue weighted by atomic mass is 15.1. The fourth-order valence-electron chi connectivity index (χ4n) is 2.98. The minimum Gasteiger partial charge on any atom is -0.298 e. The third-order valence-electron chi connectivity index (χ3n) is 3.99. The van der Waals surface area contributed by atoms with Gasteiger partial charge < -0.3 is 0 Å². The van der Waals surface area contributed by atoms with Gasteiger partial charge in [-0.05, 0) is 56.1 Å². The van der Waals surface area contributed by atoms with Gasteiger partial charge in [0.05, 0.1) is 0 Å². The van der Waals surface area contributed by atoms with Gasteiger partial charge in [-0.3, -0.25) is 14.9 Å². The summed E-state index contributed by atoms with van der Waals surface area (Å²) >= 11 is 0. The number of aryl methyl sites for hydroxylation is 1. The highest BCUT2D eigenvalue weighted by Crippen LogP contribution is 2.26. The Hall–Kier alpha value is -1.74. The molecule has 1 saturated heterocycles. The molecule has 3 heteroatoms. The summed E-state index contributed by atoms with van der Waals surface area (Å²) in [5, 5.41) is 0. The zero-order valence-corrected chi connectivity index (χ0v) is 12.0. The number of hydrogen-bond donors (Lipinski definition) is 0. The Bertz CT molecular complexity index is 553. The van der Waals surface area contributed by atoms with Crippen molar-refractivity contribution < 1.29 is 0 Å². The van der Waals surface area contributed by atoms with E-state index in [0.29, 0.717) is 5.92 Å². The third kappa shape index (κ3) is 3.23. The maximum atomic E-state index is 4.70. The van der Waals surface area contributed by atoms with Crippen LogP contribution < -0.4 is 0 Å². The molecule has 1 fully saturated rings. The molecule has 3 nitrogen and oxygen atoms in total. The van der Waals surface area contributed by atoms with Gasteiger partial charge >= 0.3 is 0 Å². The van der Waals surface area contributed by atoms with Crippen molar-refractivity contribution in [3.05, 3.63) is 59.7 Å². The molecule has 0 aromatic carbocycles. The molecule has 3 heterocycles. The van der Waals surface area contributed by atoms with Crippen molar-refractivity contribution in [1.82, 2.24) is 14.9 Å². The van der Waals surface area contributed by atoms with E-state index >= 15 is 0 Å². The number of aromatic nitrogens is 2. The maximum absolute atomic E-state index is 4.70. The standard InChI is InChI=1S/C17H21N3/c1-14-4-2-6-17(19-14)16-5-3-11-20(13-16)12-15-7-9-18-10-8-15/h2,4,6-10,16H,3,5,11-13H2,1H3/t16-/m0/s1. The van der Waals surface area contributed by atoms with E-state index in [4.69, 9.17) is 4.98 Å². The van der Waals surface area contributed by atoms with Crippen LogP contribution in [0.4, 0.5) is 0 Å². The molecule has 1 aliphatic rings. The highest BCUT2D eigenvalue weighted by Gasteiger charge is 2.22. The van der Waals surface area contributed by atoms with Crippen LogP contribution in [-0.4, -0.2) is 28.0 Å². The number of piperidine rings is 1. The van der Waals surface area contributed by atoms with E-state index in [9.17, 15) is 0 Å². The van der Waals surface area contributed by atoms with Gasteiger partial charge in [0.15, 0.2) is 0 Å². The van der Waals surface area contributed by atoms with Crippen LogP contribution in [0.15, 0.2) is 42.7 Å². The van der Waals surface area contributed by atoms with Crippen LogP contribution in [0, 0.1) is 6.92 Å². The van der Waals surface area contributed by atoms with Crippen LogP contribution in [0.25, 0.3) is 0 Å². The molecular formula is C17H21N3. The van der Waals surface area contributed by atoms with Crippen LogP contribution in [0.2, 0.25) is 0 Å². The van der Waals surface area contributed by atoms with Gasteiger partial charge in [-0.15, -0.1) is 0 Å². The normalized spacial score (nSPS) is 19.9. The second kappa shape index (κ2) is 6.14. The van der Waals surface area contributed by atoms with Gasteiger partial charge in [0, 0.05) is 42.8 Å². The van der Waals surface area contributed by atoms with Crippen LogP contribution in [0.5, 0.6) is 0 Å². The van der Waals surface area contributed by atoms with Gasteiger partial charge in [-0.1, -0.05) is 6.07 Å². The molecule has 0 aliphatic carbocycles. The number of nitrogens with zero attached hydrogens (tertiary/aromatic N) is 3. The first-order chi connectivity index (χ1) is 9.81. The molecular weight excluding hydrogens is 246 g/mol. The van der Waals surface area contributed by atoms with Crippen molar-refractivity contribution in [3.63, 3.8) is 0 Å². The number of likely N-dealkylation sites (tertiary alicyclic amines) is 1. The summed E-state index contributed by atoms with van der Waals surface area (Å²) in [4.78, 5) is 11.3. The Morgan fingerprint density at radius 2 is 2.05 bits per heavy atom. The zero-order chi connectivity index (χ0) is 13.8. The Labute approximate surface area is 120 Å². The lowest BCUT2D eigenvalue weighted by Crippen LogP contribution is -2.34. The SMILES string of the molecule is Cc1cccc([C@H]2CCCN(Cc3ccncc3)C2)n1. The first-order valence-corrected chi connectivity index (χ1v) is 7.36. The Morgan fingerprint density at radius 3 is 2.85 bits per heavy atom. The second-order valence-corrected chi connectivity index (χ2v) is 5.63. The summed E-state index contributed by atoms with van der Waals surface area (Å²) in [6.07, 6.45) is 6.26. The van der Waals surface area contributed by atoms with E-state index in [1.165, 1.54) is 30.6 Å². The lowest BCUT2D eigenvalue weighted by molar-refractivity contribution is 0.198. The number of rotatable bonds is 3. The summed E-state index contributed by atoms with van der Waals surface area (Å²) in [6.45, 7) is 5.38. The first kappa shape index (κ1) is 13.3. The summed E-state index contributed by atoms with van der Waals surface area (Å²) < 4.78 is 0. The fourth-order valence-corrected chi connectivity index (χ4v) is 2.98. The van der Waals surface area contributed by atoms with E-state index in [1.54, 1.807) is 0 Å². The summed E-state index contributed by atoms with van der Waals surface area (Å²) in [5.41, 5.74) is 3.72. The Balaban J connectivity index is 1.67. The van der Waals surface area contributed by atoms with Gasteiger partial charge in [-0.2, -0.15) is 0 Å². The van der Waals surface area contributed by atoms with Gasteiger partial charge in [-0.25, -0.2) is 0 Å². The van der Waals surface area contributed by atoms with E-state index < -0.39 is 0 Å². The highest BCUT2D eigenvalue weighted by molar-refractivity contribution is 5.16. The van der Waals surface area contributed by atoms with Crippen LogP contribution in [0.1, 0.15) is 35.7 Å². The molecule has 20 heavy (non-hydrogen) atoms.